The van der Waals surface area contributed by atoms with Crippen LogP contribution in [-0.4, -0.2) is 48.8 Å². The Morgan fingerprint density at radius 2 is 1.67 bits per heavy atom. The van der Waals surface area contributed by atoms with Gasteiger partial charge in [-0.15, -0.1) is 0 Å². The quantitative estimate of drug-likeness (QED) is 0.658. The maximum Gasteiger partial charge on any atom is 0.326 e. The lowest BCUT2D eigenvalue weighted by molar-refractivity contribution is -0.145. The molecule has 1 rings (SSSR count). The Kier molecular flexibility index (Phi) is 5.03. The first kappa shape index (κ1) is 16.6. The third-order valence-electron chi connectivity index (χ3n) is 2.53. The number of hydrogen-bond acceptors (Lipinski definition) is 5. The van der Waals surface area contributed by atoms with E-state index in [4.69, 9.17) is 10.2 Å². The van der Waals surface area contributed by atoms with Crippen LogP contribution in [0, 0.1) is 0 Å². The molecule has 1 aromatic carbocycles. The third kappa shape index (κ3) is 4.88. The van der Waals surface area contributed by atoms with Crippen LogP contribution in [-0.2, 0) is 19.4 Å². The molecule has 0 fully saturated rings. The molecule has 0 saturated carbocycles. The zero-order valence-electron chi connectivity index (χ0n) is 10.9. The van der Waals surface area contributed by atoms with Crippen LogP contribution < -0.4 is 5.32 Å². The first-order valence-electron chi connectivity index (χ1n) is 5.67. The minimum atomic E-state index is -3.40. The predicted molar refractivity (Wildman–Crippen MR) is 70.7 cm³/mol. The fourth-order valence-electron chi connectivity index (χ4n) is 1.47. The summed E-state index contributed by atoms with van der Waals surface area (Å²) < 4.78 is 22.5. The average molecular weight is 315 g/mol. The van der Waals surface area contributed by atoms with Gasteiger partial charge in [0.15, 0.2) is 9.84 Å². The third-order valence-corrected chi connectivity index (χ3v) is 3.66. The van der Waals surface area contributed by atoms with Crippen molar-refractivity contribution in [3.63, 3.8) is 0 Å². The minimum absolute atomic E-state index is 0.0133. The van der Waals surface area contributed by atoms with E-state index >= 15 is 0 Å². The fourth-order valence-corrected chi connectivity index (χ4v) is 2.10. The largest absolute Gasteiger partial charge is 0.481 e. The Bertz CT molecular complexity index is 663. The number of benzene rings is 1. The van der Waals surface area contributed by atoms with Crippen molar-refractivity contribution >= 4 is 27.7 Å². The molecule has 114 valence electrons. The second kappa shape index (κ2) is 6.35. The van der Waals surface area contributed by atoms with E-state index in [-0.39, 0.29) is 10.5 Å². The Labute approximate surface area is 120 Å². The molecule has 1 aromatic rings. The van der Waals surface area contributed by atoms with Gasteiger partial charge in [0.2, 0.25) is 0 Å². The number of carboxylic acids is 2. The lowest BCUT2D eigenvalue weighted by Gasteiger charge is -2.12. The zero-order chi connectivity index (χ0) is 16.2. The van der Waals surface area contributed by atoms with E-state index in [1.165, 1.54) is 24.3 Å². The van der Waals surface area contributed by atoms with E-state index < -0.39 is 40.1 Å². The van der Waals surface area contributed by atoms with Crippen molar-refractivity contribution in [1.82, 2.24) is 5.32 Å². The molecule has 1 amide bonds. The summed E-state index contributed by atoms with van der Waals surface area (Å²) in [5.74, 6) is -3.64. The molecular weight excluding hydrogens is 302 g/mol. The lowest BCUT2D eigenvalue weighted by Crippen LogP contribution is -2.42. The van der Waals surface area contributed by atoms with E-state index in [1.807, 2.05) is 0 Å². The fraction of sp³-hybridized carbons (Fsp3) is 0.250. The number of amides is 1. The Morgan fingerprint density at radius 3 is 2.05 bits per heavy atom. The van der Waals surface area contributed by atoms with Gasteiger partial charge in [-0.25, -0.2) is 13.2 Å². The van der Waals surface area contributed by atoms with Gasteiger partial charge in [0.05, 0.1) is 11.3 Å². The Morgan fingerprint density at radius 1 is 1.14 bits per heavy atom. The van der Waals surface area contributed by atoms with Crippen LogP contribution in [0.25, 0.3) is 0 Å². The molecule has 0 aliphatic heterocycles. The molecular formula is C12H13NO7S. The lowest BCUT2D eigenvalue weighted by atomic mass is 10.1. The molecule has 0 aliphatic carbocycles. The number of rotatable bonds is 6. The molecule has 0 heterocycles. The predicted octanol–water partition coefficient (Wildman–Crippen LogP) is -0.252. The molecule has 21 heavy (non-hydrogen) atoms. The van der Waals surface area contributed by atoms with Crippen LogP contribution in [0.3, 0.4) is 0 Å². The first-order chi connectivity index (χ1) is 9.61. The number of aliphatic carboxylic acids is 2. The second-order valence-corrected chi connectivity index (χ2v) is 6.27. The number of carboxylic acid groups (broad SMARTS) is 2. The molecule has 0 bridgehead atoms. The number of sulfone groups is 1. The molecule has 3 N–H and O–H groups in total. The van der Waals surface area contributed by atoms with Crippen molar-refractivity contribution in [2.75, 3.05) is 6.26 Å². The summed E-state index contributed by atoms with van der Waals surface area (Å²) in [7, 11) is -3.40. The van der Waals surface area contributed by atoms with Crippen LogP contribution in [0.2, 0.25) is 0 Å². The summed E-state index contributed by atoms with van der Waals surface area (Å²) in [6.07, 6.45) is 0.248. The first-order valence-corrected chi connectivity index (χ1v) is 7.56. The summed E-state index contributed by atoms with van der Waals surface area (Å²) in [4.78, 5) is 33.1. The van der Waals surface area contributed by atoms with Crippen LogP contribution in [0.5, 0.6) is 0 Å². The molecule has 0 aromatic heterocycles. The maximum absolute atomic E-state index is 11.8. The molecule has 8 nitrogen and oxygen atoms in total. The van der Waals surface area contributed by atoms with Crippen LogP contribution in [0.1, 0.15) is 16.8 Å². The number of hydrogen-bond donors (Lipinski definition) is 3. The average Bonchev–Trinajstić information content (AvgIpc) is 2.36. The van der Waals surface area contributed by atoms with E-state index in [2.05, 4.69) is 5.32 Å². The van der Waals surface area contributed by atoms with E-state index in [9.17, 15) is 22.8 Å². The highest BCUT2D eigenvalue weighted by Crippen LogP contribution is 2.10. The Hall–Kier alpha value is -2.42. The molecule has 0 spiro atoms. The number of nitrogens with one attached hydrogen (secondary N) is 1. The van der Waals surface area contributed by atoms with Gasteiger partial charge in [0.25, 0.3) is 5.91 Å². The van der Waals surface area contributed by atoms with Gasteiger partial charge in [-0.2, -0.15) is 0 Å². The highest BCUT2D eigenvalue weighted by molar-refractivity contribution is 7.90. The van der Waals surface area contributed by atoms with Crippen LogP contribution >= 0.6 is 0 Å². The van der Waals surface area contributed by atoms with Crippen LogP contribution in [0.15, 0.2) is 29.2 Å². The van der Waals surface area contributed by atoms with Crippen molar-refractivity contribution < 1.29 is 33.0 Å². The standard InChI is InChI=1S/C12H13NO7S/c1-21(19,20)8-4-2-7(3-5-8)11(16)13-9(12(17)18)6-10(14)15/h2-5,9H,6H2,1H3,(H,13,16)(H,14,15)(H,17,18)/t9-/m1/s1. The molecule has 1 atom stereocenters. The van der Waals surface area contributed by atoms with E-state index in [1.54, 1.807) is 0 Å². The SMILES string of the molecule is CS(=O)(=O)c1ccc(C(=O)N[C@H](CC(=O)O)C(=O)O)cc1. The van der Waals surface area contributed by atoms with Gasteiger partial charge in [-0.3, -0.25) is 9.59 Å². The second-order valence-electron chi connectivity index (χ2n) is 4.26. The normalized spacial score (nSPS) is 12.4. The minimum Gasteiger partial charge on any atom is -0.481 e. The smallest absolute Gasteiger partial charge is 0.326 e. The zero-order valence-corrected chi connectivity index (χ0v) is 11.8. The van der Waals surface area contributed by atoms with Gasteiger partial charge in [0.1, 0.15) is 6.04 Å². The molecule has 0 unspecified atom stereocenters. The monoisotopic (exact) mass is 315 g/mol. The van der Waals surface area contributed by atoms with Gasteiger partial charge in [-0.1, -0.05) is 0 Å². The number of carbonyl (C=O) groups is 3. The summed E-state index contributed by atoms with van der Waals surface area (Å²) >= 11 is 0. The number of carbonyl (C=O) groups excluding carboxylic acids is 1. The van der Waals surface area contributed by atoms with Crippen LogP contribution in [0.4, 0.5) is 0 Å². The molecule has 0 radical (unpaired) electrons. The van der Waals surface area contributed by atoms with Crippen molar-refractivity contribution in [3.05, 3.63) is 29.8 Å². The summed E-state index contributed by atoms with van der Waals surface area (Å²) in [5.41, 5.74) is 0.0269. The highest BCUT2D eigenvalue weighted by atomic mass is 32.2. The Balaban J connectivity index is 2.88. The van der Waals surface area contributed by atoms with Crippen molar-refractivity contribution in [2.24, 2.45) is 0 Å². The molecule has 9 heteroatoms. The van der Waals surface area contributed by atoms with E-state index in [0.29, 0.717) is 0 Å². The summed E-state index contributed by atoms with van der Waals surface area (Å²) in [6, 6.07) is 3.27. The van der Waals surface area contributed by atoms with Gasteiger partial charge in [0, 0.05) is 11.8 Å². The maximum atomic E-state index is 11.8. The van der Waals surface area contributed by atoms with Gasteiger partial charge in [-0.05, 0) is 24.3 Å². The van der Waals surface area contributed by atoms with E-state index in [0.717, 1.165) is 6.26 Å². The van der Waals surface area contributed by atoms with Crippen molar-refractivity contribution in [3.8, 4) is 0 Å². The van der Waals surface area contributed by atoms with Gasteiger partial charge < -0.3 is 15.5 Å². The highest BCUT2D eigenvalue weighted by Gasteiger charge is 2.23. The summed E-state index contributed by atoms with van der Waals surface area (Å²) in [6.45, 7) is 0. The van der Waals surface area contributed by atoms with Crippen molar-refractivity contribution in [2.45, 2.75) is 17.4 Å². The molecule has 0 saturated heterocycles. The summed E-state index contributed by atoms with van der Waals surface area (Å²) in [5, 5.41) is 19.4. The topological polar surface area (TPSA) is 138 Å². The van der Waals surface area contributed by atoms with Gasteiger partial charge >= 0.3 is 11.9 Å². The molecule has 0 aliphatic rings. The van der Waals surface area contributed by atoms with Crippen molar-refractivity contribution in [1.29, 1.82) is 0 Å².